The third-order valence-corrected chi connectivity index (χ3v) is 30.0. The van der Waals surface area contributed by atoms with Crippen LogP contribution in [-0.4, -0.2) is 85.4 Å². The van der Waals surface area contributed by atoms with Crippen molar-refractivity contribution in [2.24, 2.45) is 5.41 Å². The maximum Gasteiger partial charge on any atom is 0.309 e. The molecule has 0 amide bonds. The van der Waals surface area contributed by atoms with E-state index >= 15 is 0 Å². The lowest BCUT2D eigenvalue weighted by Crippen LogP contribution is -2.25. The first-order valence-electron chi connectivity index (χ1n) is 42.9. The summed E-state index contributed by atoms with van der Waals surface area (Å²) in [4.78, 5) is 82.2. The fourth-order valence-corrected chi connectivity index (χ4v) is 22.7. The van der Waals surface area contributed by atoms with Gasteiger partial charge in [-0.05, 0) is 149 Å². The van der Waals surface area contributed by atoms with E-state index < -0.39 is 40.9 Å². The molecule has 10 aromatic heterocycles. The molecule has 3 atom stereocenters. The number of hydrogen-bond donors (Lipinski definition) is 6. The Morgan fingerprint density at radius 2 is 0.647 bits per heavy atom. The SMILES string of the molecule is CC(C)(Cc1cc2cncc(-c3ccc(C#N)c4ccccc34)c2s1)C(=O)O.CC(CC(=O)O)c1cc2c(-c3ccc(C#N)c4ccccc34)cncc2s1.CC(O)(CC(=O)O)c1cc2c(-c3ccc(C#N)c4ccccc34)cncc2s1.C[C@H](CC(=O)O)c1cc2c(-c3ccc(C#N)c4ccccc34)cncc2s1.N#Cc1ccc(-c2cncc3sc(CCC(=O)O)cc23)c2ccccc12. The van der Waals surface area contributed by atoms with Crippen LogP contribution in [0.15, 0.2) is 274 Å². The highest BCUT2D eigenvalue weighted by atomic mass is 32.1. The van der Waals surface area contributed by atoms with Gasteiger partial charge in [0.1, 0.15) is 5.60 Å². The van der Waals surface area contributed by atoms with Gasteiger partial charge in [0.25, 0.3) is 0 Å². The van der Waals surface area contributed by atoms with Crippen molar-refractivity contribution in [3.63, 3.8) is 0 Å². The number of aryl methyl sites for hydroxylation is 1. The molecule has 10 aromatic carbocycles. The van der Waals surface area contributed by atoms with E-state index in [1.54, 1.807) is 77.7 Å². The van der Waals surface area contributed by atoms with Gasteiger partial charge in [-0.15, -0.1) is 56.7 Å². The topological polar surface area (TPSA) is 390 Å². The summed E-state index contributed by atoms with van der Waals surface area (Å²) in [6, 6.07) is 79.5. The van der Waals surface area contributed by atoms with Gasteiger partial charge in [-0.1, -0.05) is 166 Å². The lowest BCUT2D eigenvalue weighted by Gasteiger charge is -2.18. The molecule has 20 aromatic rings. The number of aromatic nitrogens is 5. The number of benzene rings is 10. The number of fused-ring (bicyclic) bond motifs is 10. The molecule has 0 saturated carbocycles. The first-order valence-corrected chi connectivity index (χ1v) is 47.0. The van der Waals surface area contributed by atoms with E-state index in [4.69, 9.17) is 20.4 Å². The largest absolute Gasteiger partial charge is 0.481 e. The quantitative estimate of drug-likeness (QED) is 0.0413. The Balaban J connectivity index is 0.000000123. The van der Waals surface area contributed by atoms with Gasteiger partial charge in [-0.2, -0.15) is 26.3 Å². The fraction of sp³-hybridized carbons (Fsp3) is 0.136. The van der Waals surface area contributed by atoms with Crippen molar-refractivity contribution in [3.05, 3.63) is 326 Å². The Morgan fingerprint density at radius 3 is 0.985 bits per heavy atom. The molecule has 0 aliphatic heterocycles. The van der Waals surface area contributed by atoms with Gasteiger partial charge in [0, 0.05) is 185 Å². The molecule has 0 fully saturated rings. The summed E-state index contributed by atoms with van der Waals surface area (Å²) in [5.74, 6) is -4.34. The summed E-state index contributed by atoms with van der Waals surface area (Å²) in [5, 5.41) is 118. The molecule has 10 heterocycles. The smallest absolute Gasteiger partial charge is 0.309 e. The van der Waals surface area contributed by atoms with Crippen LogP contribution in [-0.2, 0) is 42.4 Å². The second-order valence-electron chi connectivity index (χ2n) is 33.5. The molecule has 0 aliphatic carbocycles. The molecule has 21 nitrogen and oxygen atoms in total. The number of nitriles is 5. The van der Waals surface area contributed by atoms with E-state index in [0.29, 0.717) is 45.5 Å². The number of pyridine rings is 5. The minimum Gasteiger partial charge on any atom is -0.481 e. The number of aliphatic carboxylic acids is 5. The maximum atomic E-state index is 11.5. The van der Waals surface area contributed by atoms with Crippen molar-refractivity contribution in [3.8, 4) is 86.0 Å². The summed E-state index contributed by atoms with van der Waals surface area (Å²) >= 11 is 7.72. The van der Waals surface area contributed by atoms with Crippen molar-refractivity contribution in [2.45, 2.75) is 90.6 Å². The summed E-state index contributed by atoms with van der Waals surface area (Å²) in [6.45, 7) is 8.86. The van der Waals surface area contributed by atoms with Gasteiger partial charge < -0.3 is 30.6 Å². The molecular formula is C110H80N10O11S5. The molecule has 0 bridgehead atoms. The van der Waals surface area contributed by atoms with E-state index in [-0.39, 0.29) is 37.5 Å². The Kier molecular flexibility index (Phi) is 27.4. The number of nitrogens with zero attached hydrogens (tertiary/aromatic N) is 10. The van der Waals surface area contributed by atoms with E-state index in [9.17, 15) is 60.5 Å². The van der Waals surface area contributed by atoms with E-state index in [1.165, 1.54) is 18.3 Å². The number of hydrogen-bond acceptors (Lipinski definition) is 21. The lowest BCUT2D eigenvalue weighted by atomic mass is 9.89. The zero-order valence-electron chi connectivity index (χ0n) is 73.6. The number of carboxylic acids is 5. The molecule has 666 valence electrons. The number of thiophene rings is 5. The van der Waals surface area contributed by atoms with Crippen LogP contribution in [0.5, 0.6) is 0 Å². The highest BCUT2D eigenvalue weighted by Crippen LogP contribution is 2.47. The summed E-state index contributed by atoms with van der Waals surface area (Å²) < 4.78 is 5.06. The normalized spacial score (nSPS) is 12.0. The van der Waals surface area contributed by atoms with Gasteiger partial charge in [-0.3, -0.25) is 48.9 Å². The van der Waals surface area contributed by atoms with E-state index in [1.807, 2.05) is 251 Å². The number of aliphatic hydroxyl groups is 1. The van der Waals surface area contributed by atoms with Gasteiger partial charge in [0.05, 0.1) is 108 Å². The highest BCUT2D eigenvalue weighted by molar-refractivity contribution is 7.20. The molecule has 0 saturated heterocycles. The first kappa shape index (κ1) is 93.1. The molecule has 6 N–H and O–H groups in total. The number of rotatable bonds is 20. The lowest BCUT2D eigenvalue weighted by molar-refractivity contribution is -0.147. The molecule has 0 radical (unpaired) electrons. The van der Waals surface area contributed by atoms with Gasteiger partial charge in [-0.25, -0.2) is 0 Å². The van der Waals surface area contributed by atoms with Crippen LogP contribution >= 0.6 is 56.7 Å². The van der Waals surface area contributed by atoms with Gasteiger partial charge in [0.2, 0.25) is 0 Å². The molecule has 20 rings (SSSR count). The Bertz CT molecular complexity index is 8230. The van der Waals surface area contributed by atoms with Gasteiger partial charge >= 0.3 is 29.8 Å². The van der Waals surface area contributed by atoms with Crippen LogP contribution in [0.1, 0.15) is 124 Å². The predicted molar refractivity (Wildman–Crippen MR) is 541 cm³/mol. The first-order chi connectivity index (χ1) is 65.6. The van der Waals surface area contributed by atoms with Crippen molar-refractivity contribution in [1.82, 2.24) is 24.9 Å². The summed E-state index contributed by atoms with van der Waals surface area (Å²) in [7, 11) is 0. The Hall–Kier alpha value is -16.2. The average molecular weight is 1880 g/mol. The van der Waals surface area contributed by atoms with Crippen LogP contribution in [0, 0.1) is 62.1 Å². The average Bonchev–Trinajstić information content (AvgIpc) is 1.55. The molecule has 0 spiro atoms. The maximum absolute atomic E-state index is 11.5. The van der Waals surface area contributed by atoms with E-state index in [0.717, 1.165) is 179 Å². The monoisotopic (exact) mass is 1880 g/mol. The minimum atomic E-state index is -1.46. The highest BCUT2D eigenvalue weighted by Gasteiger charge is 2.32. The second kappa shape index (κ2) is 40.1. The van der Waals surface area contributed by atoms with Gasteiger partial charge in [0.15, 0.2) is 0 Å². The number of carbonyl (C=O) groups is 5. The summed E-state index contributed by atoms with van der Waals surface area (Å²) in [6.07, 6.45) is 19.1. The predicted octanol–water partition coefficient (Wildman–Crippen LogP) is 26.5. The molecular weight excluding hydrogens is 1800 g/mol. The zero-order valence-corrected chi connectivity index (χ0v) is 77.7. The van der Waals surface area contributed by atoms with Crippen molar-refractivity contribution >= 4 is 191 Å². The zero-order chi connectivity index (χ0) is 95.8. The molecule has 0 aliphatic rings. The Morgan fingerprint density at radius 1 is 0.331 bits per heavy atom. The molecule has 136 heavy (non-hydrogen) atoms. The van der Waals surface area contributed by atoms with Crippen LogP contribution in [0.3, 0.4) is 0 Å². The van der Waals surface area contributed by atoms with Crippen LogP contribution in [0.4, 0.5) is 0 Å². The van der Waals surface area contributed by atoms with Crippen molar-refractivity contribution in [2.75, 3.05) is 0 Å². The van der Waals surface area contributed by atoms with Crippen LogP contribution in [0.2, 0.25) is 0 Å². The van der Waals surface area contributed by atoms with Crippen molar-refractivity contribution < 1.29 is 54.6 Å². The second-order valence-corrected chi connectivity index (χ2v) is 39.1. The molecule has 26 heteroatoms. The fourth-order valence-electron chi connectivity index (χ4n) is 17.0. The van der Waals surface area contributed by atoms with E-state index in [2.05, 4.69) is 73.5 Å². The summed E-state index contributed by atoms with van der Waals surface area (Å²) in [5.41, 5.74) is 10.8. The number of carboxylic acid groups (broad SMARTS) is 5. The third-order valence-electron chi connectivity index (χ3n) is 23.8. The van der Waals surface area contributed by atoms with Crippen LogP contribution in [0.25, 0.3) is 160 Å². The molecule has 2 unspecified atom stereocenters. The minimum absolute atomic E-state index is 0.0505. The van der Waals surface area contributed by atoms with Crippen LogP contribution < -0.4 is 0 Å². The van der Waals surface area contributed by atoms with Crippen molar-refractivity contribution in [1.29, 1.82) is 26.3 Å². The third kappa shape index (κ3) is 19.5. The standard InChI is InChI=1S/C23H18N2O2S.C22H16N2O3S.2C22H16N2O2S.C21H14N2O2S/c1-23(2,22(26)27)10-16-9-15-12-25-13-20(21(15)28-16)19-8-7-14(11-24)17-5-3-4-6-18(17)19;1-22(27,9-21(25)26)20-8-17-18(11-24-12-19(17)28-20)16-7-6-13(10-23)14-4-2-3-5-15(14)16;2*1-13(8-22(25)26)20-9-18-19(11-24-12-21(18)27-20)17-7-6-14(10-23)15-4-2-3-5-16(15)17;22-10-13-5-7-17(16-4-2-1-3-15(13)16)19-11-23-12-20-18(19)9-14(26-20)6-8-21(24)25/h3-9,12-13H,10H2,1-2H3,(H,26,27);2-8,11-12,27H,9H2,1H3,(H,25,26);2*2-7,9,11-13H,8H2,1H3,(H,25,26);1-5,7,9,11-12H,6,8H2,(H,24,25)/t;;13-;;/m..1../s1. The Labute approximate surface area is 799 Å².